The van der Waals surface area contributed by atoms with E-state index in [1.54, 1.807) is 12.5 Å². The number of carbonyl (C=O) groups is 1. The van der Waals surface area contributed by atoms with Gasteiger partial charge in [-0.25, -0.2) is 4.98 Å². The predicted octanol–water partition coefficient (Wildman–Crippen LogP) is 3.49. The molecule has 3 N–H and O–H groups in total. The van der Waals surface area contributed by atoms with Crippen LogP contribution in [0.3, 0.4) is 0 Å². The molecule has 2 heterocycles. The van der Waals surface area contributed by atoms with Gasteiger partial charge in [-0.05, 0) is 19.9 Å². The number of hydrogen-bond acceptors (Lipinski definition) is 2. The minimum absolute atomic E-state index is 0.439. The summed E-state index contributed by atoms with van der Waals surface area (Å²) in [5.41, 5.74) is 10.7. The van der Waals surface area contributed by atoms with Gasteiger partial charge in [-0.3, -0.25) is 4.79 Å². The molecule has 0 atom stereocenters. The molecule has 1 amide bonds. The first-order valence-corrected chi connectivity index (χ1v) is 8.10. The highest BCUT2D eigenvalue weighted by Crippen LogP contribution is 2.36. The molecule has 3 rings (SSSR count). The maximum Gasteiger partial charge on any atom is 0.251 e. The molecule has 124 valence electrons. The number of imidazole rings is 1. The van der Waals surface area contributed by atoms with Gasteiger partial charge in [0.1, 0.15) is 0 Å². The van der Waals surface area contributed by atoms with Gasteiger partial charge < -0.3 is 15.3 Å². The van der Waals surface area contributed by atoms with E-state index in [1.165, 1.54) is 0 Å². The number of carbonyl (C=O) groups excluding carboxylic acids is 1. The Hall–Kier alpha value is -2.53. The third kappa shape index (κ3) is 2.83. The van der Waals surface area contributed by atoms with Gasteiger partial charge in [-0.15, -0.1) is 0 Å². The lowest BCUT2D eigenvalue weighted by Gasteiger charge is -2.09. The predicted molar refractivity (Wildman–Crippen MR) is 95.2 cm³/mol. The number of rotatable bonds is 5. The summed E-state index contributed by atoms with van der Waals surface area (Å²) in [7, 11) is 0. The molecule has 0 fully saturated rings. The number of nitrogens with two attached hydrogens (primary N) is 1. The topological polar surface area (TPSA) is 76.7 Å². The summed E-state index contributed by atoms with van der Waals surface area (Å²) in [6.07, 6.45) is 4.25. The van der Waals surface area contributed by atoms with Crippen molar-refractivity contribution in [3.63, 3.8) is 0 Å². The van der Waals surface area contributed by atoms with E-state index in [0.717, 1.165) is 41.2 Å². The highest BCUT2D eigenvalue weighted by molar-refractivity contribution is 6.33. The fourth-order valence-corrected chi connectivity index (χ4v) is 3.40. The normalized spacial score (nSPS) is 11.0. The van der Waals surface area contributed by atoms with Crippen LogP contribution in [0.25, 0.3) is 11.1 Å². The molecule has 0 aliphatic heterocycles. The van der Waals surface area contributed by atoms with E-state index in [-0.39, 0.29) is 0 Å². The lowest BCUT2D eigenvalue weighted by molar-refractivity contribution is 0.1000. The largest absolute Gasteiger partial charge is 0.366 e. The SMILES string of the molecule is Cc1c(C(N)=O)c(-c2ccccc2Cl)c(C)n1CCc1cnc[nH]1. The van der Waals surface area contributed by atoms with E-state index in [4.69, 9.17) is 17.3 Å². The zero-order valence-corrected chi connectivity index (χ0v) is 14.4. The molecule has 5 nitrogen and oxygen atoms in total. The number of halogens is 1. The van der Waals surface area contributed by atoms with Gasteiger partial charge in [0.15, 0.2) is 0 Å². The maximum atomic E-state index is 12.1. The van der Waals surface area contributed by atoms with Crippen LogP contribution in [0.5, 0.6) is 0 Å². The van der Waals surface area contributed by atoms with Crippen LogP contribution < -0.4 is 5.73 Å². The summed E-state index contributed by atoms with van der Waals surface area (Å²) in [5, 5.41) is 0.605. The Morgan fingerprint density at radius 2 is 2.04 bits per heavy atom. The summed E-state index contributed by atoms with van der Waals surface area (Å²) in [5.74, 6) is -0.439. The second kappa shape index (κ2) is 6.53. The van der Waals surface area contributed by atoms with Crippen molar-refractivity contribution in [1.82, 2.24) is 14.5 Å². The average molecular weight is 343 g/mol. The van der Waals surface area contributed by atoms with Crippen molar-refractivity contribution in [2.75, 3.05) is 0 Å². The quantitative estimate of drug-likeness (QED) is 0.744. The zero-order valence-electron chi connectivity index (χ0n) is 13.6. The lowest BCUT2D eigenvalue weighted by atomic mass is 10.00. The molecule has 0 saturated carbocycles. The maximum absolute atomic E-state index is 12.1. The van der Waals surface area contributed by atoms with E-state index < -0.39 is 5.91 Å². The molecule has 0 spiro atoms. The molecule has 0 radical (unpaired) electrons. The van der Waals surface area contributed by atoms with Crippen LogP contribution in [0.2, 0.25) is 5.02 Å². The van der Waals surface area contributed by atoms with E-state index >= 15 is 0 Å². The van der Waals surface area contributed by atoms with E-state index in [0.29, 0.717) is 10.6 Å². The Labute approximate surface area is 145 Å². The molecule has 0 unspecified atom stereocenters. The molecule has 2 aromatic heterocycles. The average Bonchev–Trinajstić information content (AvgIpc) is 3.13. The monoisotopic (exact) mass is 342 g/mol. The molecule has 24 heavy (non-hydrogen) atoms. The van der Waals surface area contributed by atoms with Crippen LogP contribution in [-0.2, 0) is 13.0 Å². The fourth-order valence-electron chi connectivity index (χ4n) is 3.17. The Morgan fingerprint density at radius 1 is 1.29 bits per heavy atom. The van der Waals surface area contributed by atoms with Gasteiger partial charge in [-0.1, -0.05) is 29.8 Å². The summed E-state index contributed by atoms with van der Waals surface area (Å²) in [6.45, 7) is 4.63. The number of amides is 1. The highest BCUT2D eigenvalue weighted by Gasteiger charge is 2.23. The fraction of sp³-hybridized carbons (Fsp3) is 0.222. The Morgan fingerprint density at radius 3 is 2.67 bits per heavy atom. The van der Waals surface area contributed by atoms with Crippen LogP contribution >= 0.6 is 11.6 Å². The minimum atomic E-state index is -0.439. The molecule has 3 aromatic rings. The van der Waals surface area contributed by atoms with Gasteiger partial charge in [0, 0.05) is 52.4 Å². The van der Waals surface area contributed by atoms with Crippen LogP contribution in [0.4, 0.5) is 0 Å². The highest BCUT2D eigenvalue weighted by atomic mass is 35.5. The molecule has 0 aliphatic rings. The first-order valence-electron chi connectivity index (χ1n) is 7.72. The van der Waals surface area contributed by atoms with Gasteiger partial charge in [-0.2, -0.15) is 0 Å². The third-order valence-electron chi connectivity index (χ3n) is 4.33. The van der Waals surface area contributed by atoms with E-state index in [1.807, 2.05) is 38.1 Å². The number of benzene rings is 1. The van der Waals surface area contributed by atoms with Crippen molar-refractivity contribution >= 4 is 17.5 Å². The van der Waals surface area contributed by atoms with E-state index in [2.05, 4.69) is 14.5 Å². The summed E-state index contributed by atoms with van der Waals surface area (Å²) in [6, 6.07) is 7.50. The standard InChI is InChI=1S/C18H19ClN4O/c1-11-16(14-5-3-4-6-15(14)19)17(18(20)24)12(2)23(11)8-7-13-9-21-10-22-13/h3-6,9-10H,7-8H2,1-2H3,(H2,20,24)(H,21,22). The number of aromatic amines is 1. The third-order valence-corrected chi connectivity index (χ3v) is 4.66. The minimum Gasteiger partial charge on any atom is -0.366 e. The van der Waals surface area contributed by atoms with Crippen molar-refractivity contribution in [3.8, 4) is 11.1 Å². The Bertz CT molecular complexity index is 881. The van der Waals surface area contributed by atoms with Crippen molar-refractivity contribution in [2.24, 2.45) is 5.73 Å². The number of aromatic nitrogens is 3. The van der Waals surface area contributed by atoms with Crippen LogP contribution in [0.1, 0.15) is 27.4 Å². The summed E-state index contributed by atoms with van der Waals surface area (Å²) < 4.78 is 2.11. The molecule has 0 saturated heterocycles. The van der Waals surface area contributed by atoms with Gasteiger partial charge in [0.05, 0.1) is 11.9 Å². The molecular formula is C18H19ClN4O. The molecular weight excluding hydrogens is 324 g/mol. The van der Waals surface area contributed by atoms with Crippen molar-refractivity contribution in [3.05, 3.63) is 64.5 Å². The van der Waals surface area contributed by atoms with E-state index in [9.17, 15) is 4.79 Å². The molecule has 1 aromatic carbocycles. The number of H-pyrrole nitrogens is 1. The van der Waals surface area contributed by atoms with Crippen molar-refractivity contribution in [2.45, 2.75) is 26.8 Å². The second-order valence-corrected chi connectivity index (χ2v) is 6.15. The summed E-state index contributed by atoms with van der Waals surface area (Å²) >= 11 is 6.35. The number of nitrogens with one attached hydrogen (secondary N) is 1. The van der Waals surface area contributed by atoms with Gasteiger partial charge in [0.25, 0.3) is 5.91 Å². The van der Waals surface area contributed by atoms with Gasteiger partial charge in [0.2, 0.25) is 0 Å². The lowest BCUT2D eigenvalue weighted by Crippen LogP contribution is -2.14. The number of hydrogen-bond donors (Lipinski definition) is 2. The van der Waals surface area contributed by atoms with Gasteiger partial charge >= 0.3 is 0 Å². The Kier molecular flexibility index (Phi) is 4.44. The van der Waals surface area contributed by atoms with Crippen molar-refractivity contribution in [1.29, 1.82) is 0 Å². The Balaban J connectivity index is 2.10. The smallest absolute Gasteiger partial charge is 0.251 e. The van der Waals surface area contributed by atoms with Crippen LogP contribution in [-0.4, -0.2) is 20.4 Å². The molecule has 0 aliphatic carbocycles. The molecule has 0 bridgehead atoms. The zero-order chi connectivity index (χ0) is 17.3. The first kappa shape index (κ1) is 16.3. The van der Waals surface area contributed by atoms with Crippen LogP contribution in [0.15, 0.2) is 36.8 Å². The molecule has 6 heteroatoms. The first-order chi connectivity index (χ1) is 11.5. The number of nitrogens with zero attached hydrogens (tertiary/aromatic N) is 2. The number of aryl methyl sites for hydroxylation is 1. The number of primary amides is 1. The summed E-state index contributed by atoms with van der Waals surface area (Å²) in [4.78, 5) is 19.2. The van der Waals surface area contributed by atoms with Crippen molar-refractivity contribution < 1.29 is 4.79 Å². The van der Waals surface area contributed by atoms with Crippen LogP contribution in [0, 0.1) is 13.8 Å². The second-order valence-electron chi connectivity index (χ2n) is 5.74.